The van der Waals surface area contributed by atoms with Crippen LogP contribution in [0.3, 0.4) is 0 Å². The lowest BCUT2D eigenvalue weighted by Gasteiger charge is -2.61. The minimum Gasteiger partial charge on any atom is -0.453 e. The topological polar surface area (TPSA) is 84.4 Å². The Labute approximate surface area is 706 Å². The summed E-state index contributed by atoms with van der Waals surface area (Å²) < 4.78 is 18.1. The zero-order chi connectivity index (χ0) is 79.1. The summed E-state index contributed by atoms with van der Waals surface area (Å²) in [5.41, 5.74) is 34.1. The Morgan fingerprint density at radius 1 is 0.279 bits per heavy atom. The van der Waals surface area contributed by atoms with Gasteiger partial charge in [-0.15, -0.1) is 11.3 Å². The van der Waals surface area contributed by atoms with Crippen LogP contribution in [-0.2, 0) is 10.8 Å². The van der Waals surface area contributed by atoms with E-state index in [-0.39, 0.29) is 10.8 Å². The number of furan rings is 1. The molecule has 0 atom stereocenters. The maximum absolute atomic E-state index is 6.08. The van der Waals surface area contributed by atoms with E-state index in [1.165, 1.54) is 206 Å². The average Bonchev–Trinajstić information content (AvgIpc) is 1.50. The highest BCUT2D eigenvalue weighted by Gasteiger charge is 2.63. The Bertz CT molecular complexity index is 8300. The lowest BCUT2D eigenvalue weighted by Crippen LogP contribution is -2.55. The van der Waals surface area contributed by atoms with Crippen molar-refractivity contribution in [1.29, 1.82) is 0 Å². The number of nitrogens with zero attached hydrogens (tertiary/aromatic N) is 8. The Hall–Kier alpha value is -13.5. The molecule has 122 heavy (non-hydrogen) atoms. The molecule has 8 saturated carbocycles. The van der Waals surface area contributed by atoms with Gasteiger partial charge in [-0.25, -0.2) is 19.9 Å². The molecule has 0 unspecified atom stereocenters. The molecule has 2 spiro atoms. The molecule has 0 aliphatic heterocycles. The Morgan fingerprint density at radius 3 is 1.14 bits per heavy atom. The van der Waals surface area contributed by atoms with Gasteiger partial charge in [0.15, 0.2) is 5.58 Å². The Kier molecular flexibility index (Phi) is 13.6. The van der Waals surface area contributed by atoms with Crippen LogP contribution in [0, 0.1) is 47.3 Å². The summed E-state index contributed by atoms with van der Waals surface area (Å²) in [5.74, 6) is 7.30. The fraction of sp³-hybridized carbons (Fsp3) is 0.179. The van der Waals surface area contributed by atoms with Crippen molar-refractivity contribution in [3.05, 3.63) is 338 Å². The van der Waals surface area contributed by atoms with E-state index in [0.29, 0.717) is 11.5 Å². The van der Waals surface area contributed by atoms with Gasteiger partial charge in [-0.2, -0.15) is 0 Å². The van der Waals surface area contributed by atoms with Crippen LogP contribution in [0.15, 0.2) is 320 Å². The lowest BCUT2D eigenvalue weighted by atomic mass is 9.43. The molecule has 10 aliphatic rings. The molecule has 22 aromatic rings. The zero-order valence-corrected chi connectivity index (χ0v) is 67.9. The fourth-order valence-corrected chi connectivity index (χ4v) is 28.5. The number of benzene rings is 14. The molecule has 0 radical (unpaired) electrons. The molecule has 0 N–H and O–H groups in total. The normalized spacial score (nSPS) is 22.5. The summed E-state index contributed by atoms with van der Waals surface area (Å²) >= 11 is 1.76. The molecule has 0 saturated heterocycles. The number of hydrogen-bond acceptors (Lipinski definition) is 6. The second-order valence-corrected chi connectivity index (χ2v) is 38.3. The largest absolute Gasteiger partial charge is 0.453 e. The maximum Gasteiger partial charge on any atom is 0.235 e. The first-order valence-corrected chi connectivity index (χ1v) is 45.1. The molecule has 0 amide bonds. The van der Waals surface area contributed by atoms with Crippen LogP contribution in [0.25, 0.3) is 197 Å². The van der Waals surface area contributed by atoms with E-state index in [1.807, 2.05) is 24.4 Å². The van der Waals surface area contributed by atoms with Gasteiger partial charge in [0.25, 0.3) is 0 Å². The highest BCUT2D eigenvalue weighted by Crippen LogP contribution is 2.72. The number of aromatic nitrogens is 8. The summed E-state index contributed by atoms with van der Waals surface area (Å²) in [7, 11) is 0. The van der Waals surface area contributed by atoms with Gasteiger partial charge in [-0.1, -0.05) is 170 Å². The average molecular weight is 1590 g/mol. The summed E-state index contributed by atoms with van der Waals surface area (Å²) in [6, 6.07) is 112. The molecule has 580 valence electrons. The smallest absolute Gasteiger partial charge is 0.235 e. The Balaban J connectivity index is 0.000000123. The minimum atomic E-state index is 0.134. The van der Waals surface area contributed by atoms with Crippen molar-refractivity contribution in [2.75, 3.05) is 0 Å². The van der Waals surface area contributed by atoms with E-state index in [4.69, 9.17) is 14.4 Å². The van der Waals surface area contributed by atoms with Crippen molar-refractivity contribution in [3.63, 3.8) is 0 Å². The van der Waals surface area contributed by atoms with Crippen LogP contribution in [0.4, 0.5) is 0 Å². The van der Waals surface area contributed by atoms with Crippen LogP contribution in [0.1, 0.15) is 86.5 Å². The molecule has 10 heteroatoms. The fourth-order valence-electron chi connectivity index (χ4n) is 27.5. The van der Waals surface area contributed by atoms with Crippen molar-refractivity contribution in [1.82, 2.24) is 38.2 Å². The number of fused-ring (bicyclic) bond motifs is 24. The third kappa shape index (κ3) is 9.01. The van der Waals surface area contributed by atoms with Gasteiger partial charge in [-0.3, -0.25) is 4.57 Å². The first-order chi connectivity index (χ1) is 60.4. The zero-order valence-electron chi connectivity index (χ0n) is 67.1. The van der Waals surface area contributed by atoms with Gasteiger partial charge >= 0.3 is 0 Å². The third-order valence-corrected chi connectivity index (χ3v) is 32.7. The van der Waals surface area contributed by atoms with E-state index >= 15 is 0 Å². The molecule has 8 fully saturated rings. The Morgan fingerprint density at radius 2 is 0.664 bits per heavy atom. The number of thiophene rings is 1. The first kappa shape index (κ1) is 67.3. The maximum atomic E-state index is 6.08. The molecule has 14 aromatic carbocycles. The molecule has 10 aliphatic carbocycles. The van der Waals surface area contributed by atoms with Crippen molar-refractivity contribution in [2.45, 2.75) is 75.0 Å². The van der Waals surface area contributed by atoms with Crippen molar-refractivity contribution in [3.8, 4) is 67.5 Å². The van der Waals surface area contributed by atoms with E-state index in [0.717, 1.165) is 90.8 Å². The number of rotatable bonds is 6. The predicted molar refractivity (Wildman–Crippen MR) is 499 cm³/mol. The first-order valence-electron chi connectivity index (χ1n) is 44.3. The van der Waals surface area contributed by atoms with E-state index in [9.17, 15) is 0 Å². The van der Waals surface area contributed by atoms with Gasteiger partial charge in [0, 0.05) is 92.7 Å². The van der Waals surface area contributed by atoms with Gasteiger partial charge < -0.3 is 18.1 Å². The number of hydrogen-bond donors (Lipinski definition) is 0. The molecule has 8 heterocycles. The molecule has 32 rings (SSSR count). The van der Waals surface area contributed by atoms with E-state index in [1.54, 1.807) is 46.1 Å². The van der Waals surface area contributed by atoms with Gasteiger partial charge in [-0.05, 0) is 306 Å². The van der Waals surface area contributed by atoms with Gasteiger partial charge in [0.1, 0.15) is 17.4 Å². The highest BCUT2D eigenvalue weighted by molar-refractivity contribution is 7.25. The monoisotopic (exact) mass is 1580 g/mol. The molecule has 9 nitrogen and oxygen atoms in total. The second kappa shape index (κ2) is 24.6. The molecule has 8 aromatic heterocycles. The van der Waals surface area contributed by atoms with E-state index in [2.05, 4.69) is 307 Å². The van der Waals surface area contributed by atoms with Crippen molar-refractivity contribution in [2.24, 2.45) is 47.3 Å². The van der Waals surface area contributed by atoms with Crippen LogP contribution in [0.2, 0.25) is 0 Å². The predicted octanol–water partition coefficient (Wildman–Crippen LogP) is 28.4. The van der Waals surface area contributed by atoms with Crippen LogP contribution < -0.4 is 0 Å². The quantitative estimate of drug-likeness (QED) is 0.166. The summed E-state index contributed by atoms with van der Waals surface area (Å²) in [6.45, 7) is 0. The highest BCUT2D eigenvalue weighted by atomic mass is 32.1. The van der Waals surface area contributed by atoms with Gasteiger partial charge in [0.05, 0.1) is 60.5 Å². The molecular weight excluding hydrogens is 1510 g/mol. The van der Waals surface area contributed by atoms with Crippen molar-refractivity contribution >= 4 is 141 Å². The van der Waals surface area contributed by atoms with Crippen LogP contribution >= 0.6 is 11.3 Å². The lowest BCUT2D eigenvalue weighted by molar-refractivity contribution is -0.0399. The summed E-state index contributed by atoms with van der Waals surface area (Å²) in [6.07, 6.45) is 19.5. The van der Waals surface area contributed by atoms with E-state index < -0.39 is 0 Å². The molecule has 8 bridgehead atoms. The SMILES string of the molecule is c1ccc2c(c1)-c1ccc(-n3c4ccccc4c4cc(-c5ccc6c(c5)c5ccccc5n6-c5ccc6c(c5)sc5cncnc56)ccc43)cc1C21C2CC3CC(C2)CC1C3.c1ccc2c(c1)-c1ccc(-n3c4ccccc4c4cc(-c5ccc6c(c5)c5ccccc5n6-c5ncc6oc7ccccc7c6n5)ccc43)cc1C21C2CC3CC(C2)CC1C3. The summed E-state index contributed by atoms with van der Waals surface area (Å²) in [4.78, 5) is 18.8. The summed E-state index contributed by atoms with van der Waals surface area (Å²) in [5, 5.41) is 12.2. The molecular formula is C112H80N8OS. The van der Waals surface area contributed by atoms with Crippen LogP contribution in [0.5, 0.6) is 0 Å². The number of para-hydroxylation sites is 5. The van der Waals surface area contributed by atoms with Crippen molar-refractivity contribution < 1.29 is 4.42 Å². The van der Waals surface area contributed by atoms with Gasteiger partial charge in [0.2, 0.25) is 5.95 Å². The van der Waals surface area contributed by atoms with Crippen LogP contribution in [-0.4, -0.2) is 38.2 Å². The third-order valence-electron chi connectivity index (χ3n) is 31.6. The second-order valence-electron chi connectivity index (χ2n) is 37.2. The minimum absolute atomic E-state index is 0.134. The standard InChI is InChI=1S/C56H40N4O.C56H40N4S/c1-5-13-46-39(9-1)40-20-19-38(30-47(40)56(46)36-24-32-23-33(26-36)27-37(56)25-32)59-48-14-6-2-10-41(48)44-28-34(17-21-50(44)59)35-18-22-51-45(29-35)42-11-3-7-15-49(42)60(51)55-57-31-53-54(58-55)43-12-4-8-16-52(43)61-53;1-4-10-47-40(7-1)41-17-15-38(28-48(41)56(47)36-22-32-21-33(24-36)25-37(56)23-32)59-49-11-5-2-8-42(49)45-26-34(13-19-51(45)59)35-14-20-52-46(27-35)43-9-3-6-12-50(43)60(52)39-16-18-44-53(29-39)61-54-30-57-31-58-55(44)54/h1-22,28-33,36-37H,23-27H2;1-20,26-33,36-37H,21-25H2.